The zero-order valence-corrected chi connectivity index (χ0v) is 9.76. The zero-order valence-electron chi connectivity index (χ0n) is 7.37. The topological polar surface area (TPSA) is 94.1 Å². The molecule has 0 fully saturated rings. The van der Waals surface area contributed by atoms with E-state index in [0.717, 1.165) is 6.20 Å². The first kappa shape index (κ1) is 12.3. The lowest BCUT2D eigenvalue weighted by atomic mass is 10.8. The summed E-state index contributed by atoms with van der Waals surface area (Å²) < 4.78 is 44.1. The van der Waals surface area contributed by atoms with Gasteiger partial charge in [0.1, 0.15) is 0 Å². The van der Waals surface area contributed by atoms with Crippen molar-refractivity contribution < 1.29 is 16.8 Å². The summed E-state index contributed by atoms with van der Waals surface area (Å²) in [4.78, 5) is 7.13. The van der Waals surface area contributed by atoms with E-state index in [0.29, 0.717) is 0 Å². The molecule has 1 rings (SSSR count). The Balaban J connectivity index is 2.87. The molecule has 0 atom stereocenters. The predicted molar refractivity (Wildman–Crippen MR) is 53.7 cm³/mol. The molecule has 0 radical (unpaired) electrons. The van der Waals surface area contributed by atoms with Crippen LogP contribution in [0.5, 0.6) is 0 Å². The Kier molecular flexibility index (Phi) is 3.63. The van der Waals surface area contributed by atoms with Crippen LogP contribution in [0.4, 0.5) is 0 Å². The van der Waals surface area contributed by atoms with Crippen molar-refractivity contribution in [3.63, 3.8) is 0 Å². The third-order valence-electron chi connectivity index (χ3n) is 1.45. The highest BCUT2D eigenvalue weighted by molar-refractivity contribution is 8.14. The van der Waals surface area contributed by atoms with Crippen LogP contribution in [0.2, 0.25) is 0 Å². The smallest absolute Gasteiger partial charge is 0.233 e. The van der Waals surface area contributed by atoms with E-state index in [1.807, 2.05) is 0 Å². The Bertz CT molecular complexity index is 526. The van der Waals surface area contributed by atoms with Gasteiger partial charge in [0.2, 0.25) is 9.05 Å². The second-order valence-corrected chi connectivity index (χ2v) is 7.56. The standard InChI is InChI=1S/C6H7ClN2O4S2/c7-15(12,13)4-3-14(10,11)6-5-8-1-2-9-6/h1-2,5H,3-4H2. The SMILES string of the molecule is O=S(=O)(Cl)CCS(=O)(=O)c1cnccn1. The van der Waals surface area contributed by atoms with Crippen LogP contribution in [0.15, 0.2) is 23.6 Å². The van der Waals surface area contributed by atoms with Crippen molar-refractivity contribution in [2.45, 2.75) is 5.03 Å². The average Bonchev–Trinajstić information content (AvgIpc) is 2.16. The molecule has 0 saturated carbocycles. The number of aromatic nitrogens is 2. The normalized spacial score (nSPS) is 12.6. The van der Waals surface area contributed by atoms with Crippen LogP contribution in [0.1, 0.15) is 0 Å². The van der Waals surface area contributed by atoms with Gasteiger partial charge in [0.25, 0.3) is 0 Å². The molecule has 1 aromatic rings. The molecular formula is C6H7ClN2O4S2. The van der Waals surface area contributed by atoms with Gasteiger partial charge in [-0.05, 0) is 0 Å². The van der Waals surface area contributed by atoms with Gasteiger partial charge >= 0.3 is 0 Å². The minimum absolute atomic E-state index is 0.259. The summed E-state index contributed by atoms with van der Waals surface area (Å²) in [5.74, 6) is -1.25. The Morgan fingerprint density at radius 3 is 2.27 bits per heavy atom. The van der Waals surface area contributed by atoms with Gasteiger partial charge in [0.05, 0.1) is 17.7 Å². The van der Waals surface area contributed by atoms with E-state index in [9.17, 15) is 16.8 Å². The highest BCUT2D eigenvalue weighted by Crippen LogP contribution is 2.07. The van der Waals surface area contributed by atoms with Crippen molar-refractivity contribution in [1.82, 2.24) is 9.97 Å². The highest BCUT2D eigenvalue weighted by atomic mass is 35.7. The lowest BCUT2D eigenvalue weighted by Crippen LogP contribution is -2.15. The minimum atomic E-state index is -3.82. The number of rotatable bonds is 4. The Labute approximate surface area is 91.7 Å². The van der Waals surface area contributed by atoms with E-state index in [-0.39, 0.29) is 5.03 Å². The van der Waals surface area contributed by atoms with Gasteiger partial charge in [-0.2, -0.15) is 0 Å². The maximum Gasteiger partial charge on any atom is 0.233 e. The number of nitrogens with zero attached hydrogens (tertiary/aromatic N) is 2. The first-order valence-electron chi connectivity index (χ1n) is 3.72. The zero-order chi connectivity index (χ0) is 11.5. The molecule has 1 heterocycles. The molecule has 0 aliphatic heterocycles. The average molecular weight is 271 g/mol. The second-order valence-electron chi connectivity index (χ2n) is 2.61. The summed E-state index contributed by atoms with van der Waals surface area (Å²) in [6, 6.07) is 0. The molecule has 0 spiro atoms. The lowest BCUT2D eigenvalue weighted by molar-refractivity contribution is 0.589. The monoisotopic (exact) mass is 270 g/mol. The molecule has 0 N–H and O–H groups in total. The number of halogens is 1. The fourth-order valence-electron chi connectivity index (χ4n) is 0.760. The van der Waals surface area contributed by atoms with Crippen LogP contribution in [0.3, 0.4) is 0 Å². The van der Waals surface area contributed by atoms with Gasteiger partial charge in [-0.25, -0.2) is 21.8 Å². The summed E-state index contributed by atoms with van der Waals surface area (Å²) in [5, 5.41) is -0.259. The summed E-state index contributed by atoms with van der Waals surface area (Å²) >= 11 is 0. The van der Waals surface area contributed by atoms with E-state index in [1.54, 1.807) is 0 Å². The van der Waals surface area contributed by atoms with Gasteiger partial charge in [-0.15, -0.1) is 0 Å². The molecule has 0 bridgehead atoms. The Morgan fingerprint density at radius 1 is 1.13 bits per heavy atom. The van der Waals surface area contributed by atoms with Crippen LogP contribution in [0.25, 0.3) is 0 Å². The van der Waals surface area contributed by atoms with Crippen molar-refractivity contribution >= 4 is 29.6 Å². The summed E-state index contributed by atoms with van der Waals surface area (Å²) in [7, 11) is -2.65. The fourth-order valence-corrected chi connectivity index (χ4v) is 3.65. The van der Waals surface area contributed by atoms with Crippen LogP contribution in [-0.2, 0) is 18.9 Å². The first-order valence-corrected chi connectivity index (χ1v) is 7.85. The van der Waals surface area contributed by atoms with Gasteiger partial charge in [-0.1, -0.05) is 0 Å². The van der Waals surface area contributed by atoms with E-state index < -0.39 is 30.4 Å². The molecule has 0 aromatic carbocycles. The molecule has 0 amide bonds. The van der Waals surface area contributed by atoms with E-state index in [4.69, 9.17) is 10.7 Å². The van der Waals surface area contributed by atoms with Crippen molar-refractivity contribution in [2.75, 3.05) is 11.5 Å². The molecule has 1 aromatic heterocycles. The predicted octanol–water partition coefficient (Wildman–Crippen LogP) is -0.181. The fraction of sp³-hybridized carbons (Fsp3) is 0.333. The molecule has 15 heavy (non-hydrogen) atoms. The highest BCUT2D eigenvalue weighted by Gasteiger charge is 2.19. The quantitative estimate of drug-likeness (QED) is 0.705. The number of hydrogen-bond donors (Lipinski definition) is 0. The van der Waals surface area contributed by atoms with Crippen molar-refractivity contribution in [1.29, 1.82) is 0 Å². The number of hydrogen-bond acceptors (Lipinski definition) is 6. The lowest BCUT2D eigenvalue weighted by Gasteiger charge is -2.00. The van der Waals surface area contributed by atoms with Gasteiger partial charge in [0.15, 0.2) is 14.9 Å². The third kappa shape index (κ3) is 4.10. The third-order valence-corrected chi connectivity index (χ3v) is 4.46. The molecule has 0 aliphatic rings. The van der Waals surface area contributed by atoms with Crippen molar-refractivity contribution in [3.05, 3.63) is 18.6 Å². The summed E-state index contributed by atoms with van der Waals surface area (Å²) in [6.07, 6.45) is 3.58. The molecular weight excluding hydrogens is 264 g/mol. The first-order chi connectivity index (χ1) is 6.81. The van der Waals surface area contributed by atoms with Gasteiger partial charge in [-0.3, -0.25) is 4.98 Å². The van der Waals surface area contributed by atoms with Crippen LogP contribution in [-0.4, -0.2) is 38.3 Å². The van der Waals surface area contributed by atoms with E-state index in [2.05, 4.69) is 9.97 Å². The number of sulfone groups is 1. The Hall–Kier alpha value is -0.730. The maximum absolute atomic E-state index is 11.5. The van der Waals surface area contributed by atoms with Crippen LogP contribution in [0, 0.1) is 0 Å². The molecule has 0 unspecified atom stereocenters. The molecule has 0 aliphatic carbocycles. The molecule has 9 heteroatoms. The largest absolute Gasteiger partial charge is 0.260 e. The van der Waals surface area contributed by atoms with Crippen LogP contribution >= 0.6 is 10.7 Å². The summed E-state index contributed by atoms with van der Waals surface area (Å²) in [5.41, 5.74) is 0. The second kappa shape index (κ2) is 4.42. The van der Waals surface area contributed by atoms with Crippen molar-refractivity contribution in [3.8, 4) is 0 Å². The molecule has 0 saturated heterocycles. The Morgan fingerprint density at radius 2 is 1.80 bits per heavy atom. The van der Waals surface area contributed by atoms with Crippen molar-refractivity contribution in [2.24, 2.45) is 0 Å². The van der Waals surface area contributed by atoms with Gasteiger partial charge in [0, 0.05) is 23.1 Å². The van der Waals surface area contributed by atoms with Gasteiger partial charge < -0.3 is 0 Å². The summed E-state index contributed by atoms with van der Waals surface area (Å²) in [6.45, 7) is 0. The van der Waals surface area contributed by atoms with Crippen LogP contribution < -0.4 is 0 Å². The molecule has 6 nitrogen and oxygen atoms in total. The maximum atomic E-state index is 11.5. The van der Waals surface area contributed by atoms with E-state index >= 15 is 0 Å². The molecule has 84 valence electrons. The van der Waals surface area contributed by atoms with E-state index in [1.165, 1.54) is 12.4 Å². The minimum Gasteiger partial charge on any atom is -0.260 e.